The predicted octanol–water partition coefficient (Wildman–Crippen LogP) is 3.00. The van der Waals surface area contributed by atoms with Crippen LogP contribution in [0.15, 0.2) is 42.5 Å². The zero-order valence-corrected chi connectivity index (χ0v) is 12.5. The SMILES string of the molecule is Nc1c(OCCNCc2ccc(Cl)cc2)cccc1[N+](=O)[O-]. The first-order chi connectivity index (χ1) is 10.6. The van der Waals surface area contributed by atoms with Gasteiger partial charge < -0.3 is 15.8 Å². The Morgan fingerprint density at radius 2 is 1.95 bits per heavy atom. The molecule has 0 saturated carbocycles. The van der Waals surface area contributed by atoms with Gasteiger partial charge in [-0.3, -0.25) is 10.1 Å². The summed E-state index contributed by atoms with van der Waals surface area (Å²) >= 11 is 5.81. The van der Waals surface area contributed by atoms with E-state index in [0.717, 1.165) is 5.56 Å². The Kier molecular flexibility index (Phi) is 5.57. The molecule has 2 aromatic carbocycles. The number of benzene rings is 2. The van der Waals surface area contributed by atoms with Crippen molar-refractivity contribution in [1.82, 2.24) is 5.32 Å². The van der Waals surface area contributed by atoms with Crippen molar-refractivity contribution in [3.05, 3.63) is 63.2 Å². The summed E-state index contributed by atoms with van der Waals surface area (Å²) in [5.41, 5.74) is 6.71. The summed E-state index contributed by atoms with van der Waals surface area (Å²) in [5, 5.41) is 14.7. The van der Waals surface area contributed by atoms with Crippen LogP contribution < -0.4 is 15.8 Å². The van der Waals surface area contributed by atoms with Crippen molar-refractivity contribution in [1.29, 1.82) is 0 Å². The highest BCUT2D eigenvalue weighted by Gasteiger charge is 2.14. The predicted molar refractivity (Wildman–Crippen MR) is 86.2 cm³/mol. The van der Waals surface area contributed by atoms with Gasteiger partial charge in [0, 0.05) is 24.2 Å². The van der Waals surface area contributed by atoms with Gasteiger partial charge in [0.25, 0.3) is 5.69 Å². The van der Waals surface area contributed by atoms with E-state index in [4.69, 9.17) is 22.1 Å². The number of hydrogen-bond donors (Lipinski definition) is 2. The second-order valence-electron chi connectivity index (χ2n) is 4.60. The Labute approximate surface area is 133 Å². The molecule has 22 heavy (non-hydrogen) atoms. The quantitative estimate of drug-likeness (QED) is 0.354. The summed E-state index contributed by atoms with van der Waals surface area (Å²) < 4.78 is 5.47. The fourth-order valence-corrected chi connectivity index (χ4v) is 2.01. The molecule has 6 nitrogen and oxygen atoms in total. The van der Waals surface area contributed by atoms with Crippen LogP contribution in [-0.4, -0.2) is 18.1 Å². The lowest BCUT2D eigenvalue weighted by Crippen LogP contribution is -2.20. The number of rotatable bonds is 7. The van der Waals surface area contributed by atoms with Gasteiger partial charge in [-0.05, 0) is 23.8 Å². The molecule has 7 heteroatoms. The van der Waals surface area contributed by atoms with Crippen LogP contribution in [0.2, 0.25) is 5.02 Å². The second-order valence-corrected chi connectivity index (χ2v) is 5.03. The molecule has 0 fully saturated rings. The maximum absolute atomic E-state index is 10.8. The van der Waals surface area contributed by atoms with E-state index in [2.05, 4.69) is 5.32 Å². The van der Waals surface area contributed by atoms with Crippen LogP contribution in [0.1, 0.15) is 5.56 Å². The first kappa shape index (κ1) is 16.1. The van der Waals surface area contributed by atoms with Gasteiger partial charge in [0.05, 0.1) is 4.92 Å². The average Bonchev–Trinajstić information content (AvgIpc) is 2.50. The summed E-state index contributed by atoms with van der Waals surface area (Å²) in [5.74, 6) is 0.322. The van der Waals surface area contributed by atoms with Gasteiger partial charge in [0.2, 0.25) is 0 Å². The van der Waals surface area contributed by atoms with E-state index in [1.165, 1.54) is 6.07 Å². The molecule has 0 heterocycles. The summed E-state index contributed by atoms with van der Waals surface area (Å²) in [6, 6.07) is 12.1. The standard InChI is InChI=1S/C15H16ClN3O3/c16-12-6-4-11(5-7-12)10-18-8-9-22-14-3-1-2-13(15(14)17)19(20)21/h1-7,18H,8-10,17H2. The van der Waals surface area contributed by atoms with Gasteiger partial charge in [0.1, 0.15) is 12.4 Å². The van der Waals surface area contributed by atoms with Gasteiger partial charge >= 0.3 is 0 Å². The monoisotopic (exact) mass is 321 g/mol. The first-order valence-corrected chi connectivity index (χ1v) is 7.06. The molecule has 0 unspecified atom stereocenters. The van der Waals surface area contributed by atoms with Crippen molar-refractivity contribution in [3.63, 3.8) is 0 Å². The lowest BCUT2D eigenvalue weighted by Gasteiger charge is -2.09. The van der Waals surface area contributed by atoms with Gasteiger partial charge in [-0.15, -0.1) is 0 Å². The van der Waals surface area contributed by atoms with Crippen LogP contribution in [0.25, 0.3) is 0 Å². The number of nitro benzene ring substituents is 1. The fraction of sp³-hybridized carbons (Fsp3) is 0.200. The molecule has 0 amide bonds. The summed E-state index contributed by atoms with van der Waals surface area (Å²) in [4.78, 5) is 10.3. The molecule has 0 aliphatic rings. The second kappa shape index (κ2) is 7.63. The topological polar surface area (TPSA) is 90.4 Å². The Hall–Kier alpha value is -2.31. The van der Waals surface area contributed by atoms with Gasteiger partial charge in [0.15, 0.2) is 5.69 Å². The van der Waals surface area contributed by atoms with E-state index in [-0.39, 0.29) is 11.4 Å². The number of hydrogen-bond acceptors (Lipinski definition) is 5. The molecular weight excluding hydrogens is 306 g/mol. The largest absolute Gasteiger partial charge is 0.490 e. The van der Waals surface area contributed by atoms with Crippen molar-refractivity contribution in [2.45, 2.75) is 6.54 Å². The minimum atomic E-state index is -0.527. The molecule has 0 aliphatic carbocycles. The van der Waals surface area contributed by atoms with E-state index >= 15 is 0 Å². The number of nitro groups is 1. The van der Waals surface area contributed by atoms with Crippen molar-refractivity contribution >= 4 is 23.0 Å². The van der Waals surface area contributed by atoms with Crippen LogP contribution in [0, 0.1) is 10.1 Å². The van der Waals surface area contributed by atoms with Crippen LogP contribution in [0.5, 0.6) is 5.75 Å². The summed E-state index contributed by atoms with van der Waals surface area (Å²) in [7, 11) is 0. The molecule has 0 aliphatic heterocycles. The molecule has 0 radical (unpaired) electrons. The lowest BCUT2D eigenvalue weighted by atomic mass is 10.2. The zero-order chi connectivity index (χ0) is 15.9. The van der Waals surface area contributed by atoms with Gasteiger partial charge in [-0.2, -0.15) is 0 Å². The van der Waals surface area contributed by atoms with Crippen molar-refractivity contribution < 1.29 is 9.66 Å². The minimum Gasteiger partial charge on any atom is -0.490 e. The summed E-state index contributed by atoms with van der Waals surface area (Å²) in [6.07, 6.45) is 0. The highest BCUT2D eigenvalue weighted by Crippen LogP contribution is 2.30. The number of ether oxygens (including phenoxy) is 1. The normalized spacial score (nSPS) is 10.4. The maximum atomic E-state index is 10.8. The highest BCUT2D eigenvalue weighted by atomic mass is 35.5. The van der Waals surface area contributed by atoms with E-state index in [1.54, 1.807) is 12.1 Å². The van der Waals surface area contributed by atoms with Gasteiger partial charge in [-0.1, -0.05) is 29.8 Å². The summed E-state index contributed by atoms with van der Waals surface area (Å²) in [6.45, 7) is 1.63. The number of nitrogen functional groups attached to an aromatic ring is 1. The molecule has 2 rings (SSSR count). The molecule has 0 atom stereocenters. The van der Waals surface area contributed by atoms with Crippen molar-refractivity contribution in [2.24, 2.45) is 0 Å². The molecular formula is C15H16ClN3O3. The smallest absolute Gasteiger partial charge is 0.295 e. The number of anilines is 1. The Bertz CT molecular complexity index is 647. The molecule has 2 aromatic rings. The Balaban J connectivity index is 1.78. The Morgan fingerprint density at radius 1 is 1.23 bits per heavy atom. The van der Waals surface area contributed by atoms with E-state index in [9.17, 15) is 10.1 Å². The fourth-order valence-electron chi connectivity index (χ4n) is 1.89. The molecule has 3 N–H and O–H groups in total. The lowest BCUT2D eigenvalue weighted by molar-refractivity contribution is -0.384. The molecule has 116 valence electrons. The van der Waals surface area contributed by atoms with Gasteiger partial charge in [-0.25, -0.2) is 0 Å². The molecule has 0 bridgehead atoms. The third-order valence-electron chi connectivity index (χ3n) is 3.02. The zero-order valence-electron chi connectivity index (χ0n) is 11.8. The molecule has 0 spiro atoms. The number of halogens is 1. The Morgan fingerprint density at radius 3 is 2.64 bits per heavy atom. The van der Waals surface area contributed by atoms with Crippen LogP contribution >= 0.6 is 11.6 Å². The number of nitrogens with zero attached hydrogens (tertiary/aromatic N) is 1. The van der Waals surface area contributed by atoms with E-state index in [1.807, 2.05) is 24.3 Å². The van der Waals surface area contributed by atoms with E-state index < -0.39 is 4.92 Å². The van der Waals surface area contributed by atoms with Crippen molar-refractivity contribution in [2.75, 3.05) is 18.9 Å². The third-order valence-corrected chi connectivity index (χ3v) is 3.27. The molecule has 0 saturated heterocycles. The number of nitrogens with one attached hydrogen (secondary N) is 1. The molecule has 0 aromatic heterocycles. The number of nitrogens with two attached hydrogens (primary N) is 1. The third kappa shape index (κ3) is 4.34. The van der Waals surface area contributed by atoms with Crippen LogP contribution in [0.3, 0.4) is 0 Å². The highest BCUT2D eigenvalue weighted by molar-refractivity contribution is 6.30. The average molecular weight is 322 g/mol. The first-order valence-electron chi connectivity index (χ1n) is 6.69. The minimum absolute atomic E-state index is 0.0465. The van der Waals surface area contributed by atoms with Crippen LogP contribution in [0.4, 0.5) is 11.4 Å². The maximum Gasteiger partial charge on any atom is 0.295 e. The van der Waals surface area contributed by atoms with Crippen molar-refractivity contribution in [3.8, 4) is 5.75 Å². The number of para-hydroxylation sites is 1. The van der Waals surface area contributed by atoms with E-state index in [0.29, 0.717) is 30.5 Å². The van der Waals surface area contributed by atoms with Crippen LogP contribution in [-0.2, 0) is 6.54 Å².